The molecule has 0 saturated heterocycles. The molecule has 106 valence electrons. The standard InChI is InChI=1S/C16H24FNO/c1-16(2,3)18-12-7-5-6-9-13-10-8-11-14(19-4)15(13)17/h5-6,8,10-11,18H,7,9,12H2,1-4H3/b6-5+. The molecule has 1 N–H and O–H groups in total. The first-order chi connectivity index (χ1) is 8.94. The number of allylic oxidation sites excluding steroid dienone is 1. The lowest BCUT2D eigenvalue weighted by Gasteiger charge is -2.19. The van der Waals surface area contributed by atoms with Crippen LogP contribution in [-0.4, -0.2) is 19.2 Å². The van der Waals surface area contributed by atoms with Crippen molar-refractivity contribution < 1.29 is 9.13 Å². The summed E-state index contributed by atoms with van der Waals surface area (Å²) in [5.74, 6) is 0.0442. The highest BCUT2D eigenvalue weighted by atomic mass is 19.1. The van der Waals surface area contributed by atoms with Crippen molar-refractivity contribution in [2.75, 3.05) is 13.7 Å². The number of ether oxygens (including phenoxy) is 1. The van der Waals surface area contributed by atoms with E-state index in [1.54, 1.807) is 12.1 Å². The molecule has 0 radical (unpaired) electrons. The maximum atomic E-state index is 13.8. The molecular formula is C16H24FNO. The molecule has 0 aliphatic rings. The van der Waals surface area contributed by atoms with Crippen LogP contribution in [0.1, 0.15) is 32.8 Å². The van der Waals surface area contributed by atoms with Gasteiger partial charge in [0, 0.05) is 5.54 Å². The lowest BCUT2D eigenvalue weighted by molar-refractivity contribution is 0.384. The molecule has 0 spiro atoms. The van der Waals surface area contributed by atoms with Gasteiger partial charge in [-0.15, -0.1) is 0 Å². The summed E-state index contributed by atoms with van der Waals surface area (Å²) >= 11 is 0. The molecule has 3 heteroatoms. The van der Waals surface area contributed by atoms with Gasteiger partial charge in [-0.05, 0) is 51.8 Å². The van der Waals surface area contributed by atoms with Crippen molar-refractivity contribution in [3.05, 3.63) is 41.7 Å². The Balaban J connectivity index is 2.40. The van der Waals surface area contributed by atoms with E-state index in [2.05, 4.69) is 32.2 Å². The van der Waals surface area contributed by atoms with Crippen LogP contribution in [0.2, 0.25) is 0 Å². The molecule has 19 heavy (non-hydrogen) atoms. The van der Waals surface area contributed by atoms with Crippen LogP contribution in [-0.2, 0) is 6.42 Å². The topological polar surface area (TPSA) is 21.3 Å². The van der Waals surface area contributed by atoms with Crippen molar-refractivity contribution in [2.45, 2.75) is 39.2 Å². The van der Waals surface area contributed by atoms with Gasteiger partial charge in [0.05, 0.1) is 7.11 Å². The van der Waals surface area contributed by atoms with Crippen molar-refractivity contribution in [3.8, 4) is 5.75 Å². The Morgan fingerprint density at radius 2 is 2.00 bits per heavy atom. The van der Waals surface area contributed by atoms with Gasteiger partial charge in [-0.3, -0.25) is 0 Å². The van der Waals surface area contributed by atoms with Crippen LogP contribution >= 0.6 is 0 Å². The lowest BCUT2D eigenvalue weighted by Crippen LogP contribution is -2.36. The van der Waals surface area contributed by atoms with Crippen molar-refractivity contribution >= 4 is 0 Å². The molecule has 0 bridgehead atoms. The fourth-order valence-corrected chi connectivity index (χ4v) is 1.73. The van der Waals surface area contributed by atoms with Crippen molar-refractivity contribution in [2.24, 2.45) is 0 Å². The summed E-state index contributed by atoms with van der Waals surface area (Å²) in [7, 11) is 1.48. The maximum Gasteiger partial charge on any atom is 0.168 e. The molecule has 0 heterocycles. The fraction of sp³-hybridized carbons (Fsp3) is 0.500. The molecule has 0 amide bonds. The first-order valence-corrected chi connectivity index (χ1v) is 6.65. The zero-order valence-electron chi connectivity index (χ0n) is 12.3. The molecule has 0 aliphatic heterocycles. The predicted octanol–water partition coefficient (Wildman–Crippen LogP) is 3.71. The van der Waals surface area contributed by atoms with Gasteiger partial charge in [0.25, 0.3) is 0 Å². The van der Waals surface area contributed by atoms with E-state index in [1.165, 1.54) is 7.11 Å². The van der Waals surface area contributed by atoms with Crippen LogP contribution in [0, 0.1) is 5.82 Å². The van der Waals surface area contributed by atoms with Gasteiger partial charge in [0.15, 0.2) is 11.6 Å². The molecule has 0 aromatic heterocycles. The van der Waals surface area contributed by atoms with E-state index in [9.17, 15) is 4.39 Å². The smallest absolute Gasteiger partial charge is 0.168 e. The number of halogens is 1. The van der Waals surface area contributed by atoms with E-state index < -0.39 is 0 Å². The zero-order valence-corrected chi connectivity index (χ0v) is 12.3. The summed E-state index contributed by atoms with van der Waals surface area (Å²) in [6, 6.07) is 5.23. The summed E-state index contributed by atoms with van der Waals surface area (Å²) in [5, 5.41) is 3.40. The Labute approximate surface area is 115 Å². The summed E-state index contributed by atoms with van der Waals surface area (Å²) in [5.41, 5.74) is 0.812. The monoisotopic (exact) mass is 265 g/mol. The summed E-state index contributed by atoms with van der Waals surface area (Å²) in [6.45, 7) is 7.35. The zero-order chi connectivity index (χ0) is 14.3. The van der Waals surface area contributed by atoms with Gasteiger partial charge in [-0.1, -0.05) is 24.3 Å². The Morgan fingerprint density at radius 3 is 2.63 bits per heavy atom. The van der Waals surface area contributed by atoms with E-state index in [1.807, 2.05) is 12.1 Å². The SMILES string of the molecule is COc1cccc(C/C=C/CCNC(C)(C)C)c1F. The lowest BCUT2D eigenvalue weighted by atomic mass is 10.1. The second kappa shape index (κ2) is 7.29. The molecule has 1 aromatic rings. The number of methoxy groups -OCH3 is 1. The van der Waals surface area contributed by atoms with E-state index in [4.69, 9.17) is 4.74 Å². The molecular weight excluding hydrogens is 241 g/mol. The minimum atomic E-state index is -0.262. The molecule has 0 saturated carbocycles. The molecule has 0 fully saturated rings. The summed E-state index contributed by atoms with van der Waals surface area (Å²) in [4.78, 5) is 0. The van der Waals surface area contributed by atoms with Crippen LogP contribution in [0.5, 0.6) is 5.75 Å². The van der Waals surface area contributed by atoms with Crippen molar-refractivity contribution in [1.82, 2.24) is 5.32 Å². The summed E-state index contributed by atoms with van der Waals surface area (Å²) in [6.07, 6.45) is 5.63. The molecule has 2 nitrogen and oxygen atoms in total. The normalized spacial score (nSPS) is 12.1. The first kappa shape index (κ1) is 15.7. The van der Waals surface area contributed by atoms with Crippen LogP contribution < -0.4 is 10.1 Å². The Morgan fingerprint density at radius 1 is 1.26 bits per heavy atom. The highest BCUT2D eigenvalue weighted by Gasteiger charge is 2.07. The van der Waals surface area contributed by atoms with Gasteiger partial charge < -0.3 is 10.1 Å². The third-order valence-electron chi connectivity index (χ3n) is 2.73. The van der Waals surface area contributed by atoms with E-state index in [0.29, 0.717) is 17.7 Å². The van der Waals surface area contributed by atoms with E-state index >= 15 is 0 Å². The molecule has 1 aromatic carbocycles. The molecule has 1 rings (SSSR count). The molecule has 0 atom stereocenters. The quantitative estimate of drug-likeness (QED) is 0.625. The number of benzene rings is 1. The largest absolute Gasteiger partial charge is 0.494 e. The minimum Gasteiger partial charge on any atom is -0.494 e. The van der Waals surface area contributed by atoms with Crippen LogP contribution in [0.15, 0.2) is 30.4 Å². The number of rotatable bonds is 6. The first-order valence-electron chi connectivity index (χ1n) is 6.65. The van der Waals surface area contributed by atoms with Crippen LogP contribution in [0.3, 0.4) is 0 Å². The minimum absolute atomic E-state index is 0.146. The van der Waals surface area contributed by atoms with Gasteiger partial charge in [0.2, 0.25) is 0 Å². The van der Waals surface area contributed by atoms with Gasteiger partial charge >= 0.3 is 0 Å². The molecule has 0 aliphatic carbocycles. The third-order valence-corrected chi connectivity index (χ3v) is 2.73. The van der Waals surface area contributed by atoms with Crippen molar-refractivity contribution in [1.29, 1.82) is 0 Å². The Kier molecular flexibility index (Phi) is 6.03. The Hall–Kier alpha value is -1.35. The number of nitrogens with one attached hydrogen (secondary N) is 1. The van der Waals surface area contributed by atoms with Crippen LogP contribution in [0.4, 0.5) is 4.39 Å². The van der Waals surface area contributed by atoms with Gasteiger partial charge in [0.1, 0.15) is 0 Å². The highest BCUT2D eigenvalue weighted by Crippen LogP contribution is 2.20. The average Bonchev–Trinajstić information content (AvgIpc) is 2.34. The second-order valence-electron chi connectivity index (χ2n) is 5.57. The summed E-state index contributed by atoms with van der Waals surface area (Å²) < 4.78 is 18.8. The third kappa shape index (κ3) is 5.88. The van der Waals surface area contributed by atoms with Gasteiger partial charge in [-0.2, -0.15) is 0 Å². The van der Waals surface area contributed by atoms with Crippen LogP contribution in [0.25, 0.3) is 0 Å². The predicted molar refractivity (Wildman–Crippen MR) is 78.2 cm³/mol. The molecule has 0 unspecified atom stereocenters. The fourth-order valence-electron chi connectivity index (χ4n) is 1.73. The Bertz CT molecular complexity index is 421. The van der Waals surface area contributed by atoms with E-state index in [0.717, 1.165) is 13.0 Å². The van der Waals surface area contributed by atoms with Gasteiger partial charge in [-0.25, -0.2) is 4.39 Å². The number of hydrogen-bond acceptors (Lipinski definition) is 2. The maximum absolute atomic E-state index is 13.8. The van der Waals surface area contributed by atoms with E-state index in [-0.39, 0.29) is 11.4 Å². The second-order valence-corrected chi connectivity index (χ2v) is 5.57. The van der Waals surface area contributed by atoms with Crippen molar-refractivity contribution in [3.63, 3.8) is 0 Å². The number of hydrogen-bond donors (Lipinski definition) is 1. The highest BCUT2D eigenvalue weighted by molar-refractivity contribution is 5.32. The average molecular weight is 265 g/mol.